The summed E-state index contributed by atoms with van der Waals surface area (Å²) in [5.74, 6) is 0.525. The van der Waals surface area contributed by atoms with Crippen LogP contribution in [0.3, 0.4) is 0 Å². The predicted octanol–water partition coefficient (Wildman–Crippen LogP) is 5.88. The highest BCUT2D eigenvalue weighted by atomic mass is 35.5. The Morgan fingerprint density at radius 3 is 2.63 bits per heavy atom. The van der Waals surface area contributed by atoms with Crippen LogP contribution in [0.2, 0.25) is 10.0 Å². The molecule has 0 radical (unpaired) electrons. The van der Waals surface area contributed by atoms with Crippen molar-refractivity contribution in [3.05, 3.63) is 98.5 Å². The maximum Gasteiger partial charge on any atom is 0.244 e. The van der Waals surface area contributed by atoms with E-state index in [1.165, 1.54) is 5.56 Å². The van der Waals surface area contributed by atoms with Crippen molar-refractivity contribution in [1.82, 2.24) is 5.43 Å². The number of nitrogens with zero attached hydrogens (tertiary/aromatic N) is 1. The quantitative estimate of drug-likeness (QED) is 0.368. The molecule has 0 atom stereocenters. The van der Waals surface area contributed by atoms with Crippen molar-refractivity contribution in [2.75, 3.05) is 0 Å². The topological polar surface area (TPSA) is 50.7 Å². The third-order valence-corrected chi connectivity index (χ3v) is 5.24. The number of hydrogen-bond acceptors (Lipinski definition) is 3. The van der Waals surface area contributed by atoms with E-state index >= 15 is 0 Å². The first-order valence-corrected chi connectivity index (χ1v) is 10.2. The van der Waals surface area contributed by atoms with Gasteiger partial charge in [0.2, 0.25) is 5.91 Å². The van der Waals surface area contributed by atoms with Gasteiger partial charge < -0.3 is 4.74 Å². The van der Waals surface area contributed by atoms with Crippen molar-refractivity contribution in [3.8, 4) is 5.75 Å². The zero-order valence-electron chi connectivity index (χ0n) is 16.8. The van der Waals surface area contributed by atoms with Gasteiger partial charge in [0.15, 0.2) is 0 Å². The highest BCUT2D eigenvalue weighted by Gasteiger charge is 2.05. The van der Waals surface area contributed by atoms with Crippen LogP contribution in [0.5, 0.6) is 5.75 Å². The van der Waals surface area contributed by atoms with Crippen LogP contribution >= 0.6 is 23.2 Å². The van der Waals surface area contributed by atoms with Gasteiger partial charge >= 0.3 is 0 Å². The molecule has 0 saturated heterocycles. The van der Waals surface area contributed by atoms with Crippen LogP contribution in [0.15, 0.2) is 65.8 Å². The highest BCUT2D eigenvalue weighted by molar-refractivity contribution is 6.42. The lowest BCUT2D eigenvalue weighted by Crippen LogP contribution is -2.20. The molecule has 30 heavy (non-hydrogen) atoms. The van der Waals surface area contributed by atoms with E-state index in [2.05, 4.69) is 16.6 Å². The van der Waals surface area contributed by atoms with Crippen LogP contribution in [0.25, 0.3) is 0 Å². The Hall–Kier alpha value is -2.82. The number of aryl methyl sites for hydroxylation is 2. The van der Waals surface area contributed by atoms with Gasteiger partial charge in [-0.05, 0) is 60.4 Å². The molecular weight excluding hydrogens is 419 g/mol. The lowest BCUT2D eigenvalue weighted by atomic mass is 10.0. The Balaban J connectivity index is 1.54. The van der Waals surface area contributed by atoms with Gasteiger partial charge in [-0.1, -0.05) is 65.2 Å². The highest BCUT2D eigenvalue weighted by Crippen LogP contribution is 2.23. The summed E-state index contributed by atoms with van der Waals surface area (Å²) >= 11 is 12.0. The molecular formula is C24H22Cl2N2O2. The number of carbonyl (C=O) groups is 1. The minimum absolute atomic E-state index is 0.162. The Morgan fingerprint density at radius 1 is 1.03 bits per heavy atom. The average Bonchev–Trinajstić information content (AvgIpc) is 2.71. The number of hydrogen-bond donors (Lipinski definition) is 1. The molecule has 0 bridgehead atoms. The molecule has 6 heteroatoms. The second kappa shape index (κ2) is 10.3. The Labute approximate surface area is 186 Å². The largest absolute Gasteiger partial charge is 0.489 e. The first-order chi connectivity index (χ1) is 14.4. The van der Waals surface area contributed by atoms with Gasteiger partial charge in [-0.3, -0.25) is 4.79 Å². The van der Waals surface area contributed by atoms with Crippen molar-refractivity contribution in [2.24, 2.45) is 5.10 Å². The third kappa shape index (κ3) is 6.34. The van der Waals surface area contributed by atoms with E-state index in [1.54, 1.807) is 18.3 Å². The Morgan fingerprint density at radius 2 is 1.87 bits per heavy atom. The third-order valence-electron chi connectivity index (χ3n) is 4.50. The number of benzene rings is 3. The fourth-order valence-corrected chi connectivity index (χ4v) is 3.24. The fraction of sp³-hybridized carbons (Fsp3) is 0.167. The minimum Gasteiger partial charge on any atom is -0.489 e. The summed E-state index contributed by atoms with van der Waals surface area (Å²) in [5, 5.41) is 5.06. The molecule has 0 unspecified atom stereocenters. The molecule has 0 spiro atoms. The van der Waals surface area contributed by atoms with Crippen molar-refractivity contribution in [2.45, 2.75) is 26.9 Å². The molecule has 0 fully saturated rings. The van der Waals surface area contributed by atoms with E-state index in [0.29, 0.717) is 22.4 Å². The molecule has 0 aromatic heterocycles. The van der Waals surface area contributed by atoms with Gasteiger partial charge in [-0.15, -0.1) is 0 Å². The molecule has 0 heterocycles. The van der Waals surface area contributed by atoms with Gasteiger partial charge in [-0.25, -0.2) is 5.43 Å². The van der Waals surface area contributed by atoms with Crippen molar-refractivity contribution in [1.29, 1.82) is 0 Å². The zero-order chi connectivity index (χ0) is 21.5. The smallest absolute Gasteiger partial charge is 0.244 e. The summed E-state index contributed by atoms with van der Waals surface area (Å²) in [6, 6.07) is 18.9. The maximum absolute atomic E-state index is 12.1. The number of halogens is 2. The van der Waals surface area contributed by atoms with Gasteiger partial charge in [0, 0.05) is 0 Å². The maximum atomic E-state index is 12.1. The van der Waals surface area contributed by atoms with E-state index in [1.807, 2.05) is 56.3 Å². The van der Waals surface area contributed by atoms with E-state index in [4.69, 9.17) is 27.9 Å². The number of ether oxygens (including phenoxy) is 1. The van der Waals surface area contributed by atoms with Crippen LogP contribution in [0.1, 0.15) is 27.8 Å². The first kappa shape index (κ1) is 21.9. The second-order valence-corrected chi connectivity index (χ2v) is 7.82. The van der Waals surface area contributed by atoms with Crippen LogP contribution in [0, 0.1) is 13.8 Å². The van der Waals surface area contributed by atoms with Crippen LogP contribution in [0.4, 0.5) is 0 Å². The first-order valence-electron chi connectivity index (χ1n) is 9.45. The van der Waals surface area contributed by atoms with Gasteiger partial charge in [0.05, 0.1) is 22.7 Å². The van der Waals surface area contributed by atoms with Crippen LogP contribution < -0.4 is 10.2 Å². The molecule has 0 saturated carbocycles. The molecule has 0 aliphatic carbocycles. The standard InChI is InChI=1S/C24H22Cl2N2O2/c1-16-6-8-20(17(2)10-16)13-24(29)28-27-14-18-4-3-5-21(11-18)30-15-19-7-9-22(25)23(26)12-19/h3-12,14H,13,15H2,1-2H3,(H,28,29)/b27-14-. The summed E-state index contributed by atoms with van der Waals surface area (Å²) < 4.78 is 5.81. The second-order valence-electron chi connectivity index (χ2n) is 7.01. The SMILES string of the molecule is Cc1ccc(CC(=O)N/N=C\c2cccc(OCc3ccc(Cl)c(Cl)c3)c2)c(C)c1. The van der Waals surface area contributed by atoms with E-state index in [9.17, 15) is 4.79 Å². The number of hydrazone groups is 1. The summed E-state index contributed by atoms with van der Waals surface area (Å²) in [6.07, 6.45) is 1.88. The molecule has 3 aromatic rings. The fourth-order valence-electron chi connectivity index (χ4n) is 2.92. The monoisotopic (exact) mass is 440 g/mol. The summed E-state index contributed by atoms with van der Waals surface area (Å²) in [7, 11) is 0. The Kier molecular flexibility index (Phi) is 7.50. The number of nitrogens with one attached hydrogen (secondary N) is 1. The molecule has 4 nitrogen and oxygen atoms in total. The lowest BCUT2D eigenvalue weighted by Gasteiger charge is -2.08. The summed E-state index contributed by atoms with van der Waals surface area (Å²) in [6.45, 7) is 4.40. The predicted molar refractivity (Wildman–Crippen MR) is 123 cm³/mol. The van der Waals surface area contributed by atoms with E-state index < -0.39 is 0 Å². The van der Waals surface area contributed by atoms with Crippen molar-refractivity contribution < 1.29 is 9.53 Å². The van der Waals surface area contributed by atoms with E-state index in [-0.39, 0.29) is 12.3 Å². The zero-order valence-corrected chi connectivity index (χ0v) is 18.3. The van der Waals surface area contributed by atoms with Gasteiger partial charge in [0.25, 0.3) is 0 Å². The average molecular weight is 441 g/mol. The number of rotatable bonds is 7. The molecule has 1 N–H and O–H groups in total. The van der Waals surface area contributed by atoms with E-state index in [0.717, 1.165) is 22.3 Å². The molecule has 3 rings (SSSR count). The van der Waals surface area contributed by atoms with Gasteiger partial charge in [0.1, 0.15) is 12.4 Å². The Bertz CT molecular complexity index is 1080. The van der Waals surface area contributed by atoms with Crippen molar-refractivity contribution in [3.63, 3.8) is 0 Å². The molecule has 1 amide bonds. The van der Waals surface area contributed by atoms with Gasteiger partial charge in [-0.2, -0.15) is 5.10 Å². The number of carbonyl (C=O) groups excluding carboxylic acids is 1. The van der Waals surface area contributed by atoms with Crippen LogP contribution in [-0.2, 0) is 17.8 Å². The summed E-state index contributed by atoms with van der Waals surface area (Å²) in [4.78, 5) is 12.1. The summed E-state index contributed by atoms with van der Waals surface area (Å²) in [5.41, 5.74) is 7.57. The molecule has 0 aliphatic heterocycles. The number of amides is 1. The molecule has 3 aromatic carbocycles. The minimum atomic E-state index is -0.162. The normalized spacial score (nSPS) is 10.9. The van der Waals surface area contributed by atoms with Crippen LogP contribution in [-0.4, -0.2) is 12.1 Å². The molecule has 154 valence electrons. The molecule has 0 aliphatic rings. The van der Waals surface area contributed by atoms with Crippen molar-refractivity contribution >= 4 is 35.3 Å². The lowest BCUT2D eigenvalue weighted by molar-refractivity contribution is -0.120.